The molecule has 3 heterocycles. The molecule has 0 spiro atoms. The Kier molecular flexibility index (Phi) is 2.05. The van der Waals surface area contributed by atoms with E-state index >= 15 is 0 Å². The van der Waals surface area contributed by atoms with Crippen LogP contribution < -0.4 is 5.73 Å². The molecular formula is C9H8ClN3OS. The van der Waals surface area contributed by atoms with Crippen LogP contribution in [0.5, 0.6) is 0 Å². The monoisotopic (exact) mass is 241 g/mol. The molecule has 0 unspecified atom stereocenters. The molecule has 3 rings (SSSR count). The third kappa shape index (κ3) is 1.39. The number of hydrogen-bond acceptors (Lipinski definition) is 5. The highest BCUT2D eigenvalue weighted by molar-refractivity contribution is 7.19. The van der Waals surface area contributed by atoms with Gasteiger partial charge in [0, 0.05) is 4.88 Å². The minimum absolute atomic E-state index is 0.208. The molecule has 2 aromatic rings. The Morgan fingerprint density at radius 2 is 2.27 bits per heavy atom. The second-order valence-electron chi connectivity index (χ2n) is 3.36. The topological polar surface area (TPSA) is 61.0 Å². The molecule has 0 atom stereocenters. The van der Waals surface area contributed by atoms with E-state index in [0.717, 1.165) is 23.2 Å². The van der Waals surface area contributed by atoms with Crippen LogP contribution in [0.4, 0.5) is 5.82 Å². The summed E-state index contributed by atoms with van der Waals surface area (Å²) in [6, 6.07) is 0. The quantitative estimate of drug-likeness (QED) is 0.717. The van der Waals surface area contributed by atoms with Crippen molar-refractivity contribution in [3.05, 3.63) is 15.7 Å². The molecule has 0 bridgehead atoms. The minimum atomic E-state index is 0.208. The summed E-state index contributed by atoms with van der Waals surface area (Å²) >= 11 is 7.35. The first-order valence-corrected chi connectivity index (χ1v) is 5.76. The normalized spacial score (nSPS) is 15.5. The van der Waals surface area contributed by atoms with Gasteiger partial charge in [-0.3, -0.25) is 0 Å². The van der Waals surface area contributed by atoms with Crippen molar-refractivity contribution in [2.75, 3.05) is 12.3 Å². The van der Waals surface area contributed by atoms with Crippen molar-refractivity contribution in [3.8, 4) is 0 Å². The van der Waals surface area contributed by atoms with E-state index in [1.54, 1.807) is 11.3 Å². The lowest BCUT2D eigenvalue weighted by molar-refractivity contribution is 0.114. The van der Waals surface area contributed by atoms with E-state index in [9.17, 15) is 0 Å². The van der Waals surface area contributed by atoms with Gasteiger partial charge in [-0.05, 0) is 23.6 Å². The van der Waals surface area contributed by atoms with Gasteiger partial charge in [0.15, 0.2) is 0 Å². The molecule has 2 N–H and O–H groups in total. The van der Waals surface area contributed by atoms with Crippen LogP contribution in [-0.4, -0.2) is 16.6 Å². The molecule has 0 fully saturated rings. The minimum Gasteiger partial charge on any atom is -0.383 e. The number of ether oxygens (including phenoxy) is 1. The van der Waals surface area contributed by atoms with Crippen LogP contribution in [0, 0.1) is 0 Å². The second-order valence-corrected chi connectivity index (χ2v) is 4.79. The summed E-state index contributed by atoms with van der Waals surface area (Å²) in [4.78, 5) is 10.2. The fourth-order valence-corrected chi connectivity index (χ4v) is 3.22. The van der Waals surface area contributed by atoms with Crippen molar-refractivity contribution in [1.29, 1.82) is 0 Å². The van der Waals surface area contributed by atoms with Crippen molar-refractivity contribution in [2.24, 2.45) is 0 Å². The maximum atomic E-state index is 5.86. The first-order valence-electron chi connectivity index (χ1n) is 4.56. The molecule has 6 heteroatoms. The van der Waals surface area contributed by atoms with E-state index < -0.39 is 0 Å². The highest BCUT2D eigenvalue weighted by atomic mass is 35.5. The third-order valence-electron chi connectivity index (χ3n) is 2.46. The van der Waals surface area contributed by atoms with Crippen LogP contribution in [0.2, 0.25) is 5.28 Å². The number of anilines is 1. The van der Waals surface area contributed by atoms with Gasteiger partial charge in [0.2, 0.25) is 5.28 Å². The Balaban J connectivity index is 2.37. The predicted octanol–water partition coefficient (Wildman–Crippen LogP) is 2.00. The zero-order valence-electron chi connectivity index (χ0n) is 7.79. The van der Waals surface area contributed by atoms with E-state index in [1.807, 2.05) is 0 Å². The van der Waals surface area contributed by atoms with Gasteiger partial charge in [-0.25, -0.2) is 9.97 Å². The number of thiophene rings is 1. The SMILES string of the molecule is Nc1nc(Cl)nc2sc3c(c12)CCOC3. The van der Waals surface area contributed by atoms with E-state index in [0.29, 0.717) is 12.4 Å². The number of aromatic nitrogens is 2. The number of nitrogens with zero attached hydrogens (tertiary/aromatic N) is 2. The fourth-order valence-electron chi connectivity index (χ4n) is 1.82. The molecule has 0 amide bonds. The molecule has 0 aliphatic carbocycles. The van der Waals surface area contributed by atoms with Crippen LogP contribution >= 0.6 is 22.9 Å². The summed E-state index contributed by atoms with van der Waals surface area (Å²) < 4.78 is 5.38. The number of nitrogen functional groups attached to an aromatic ring is 1. The molecular weight excluding hydrogens is 234 g/mol. The molecule has 2 aromatic heterocycles. The average Bonchev–Trinajstić information content (AvgIpc) is 2.54. The van der Waals surface area contributed by atoms with Crippen molar-refractivity contribution in [1.82, 2.24) is 9.97 Å². The molecule has 0 saturated carbocycles. The molecule has 1 aliphatic heterocycles. The van der Waals surface area contributed by atoms with Crippen LogP contribution in [0.25, 0.3) is 10.2 Å². The number of rotatable bonds is 0. The van der Waals surface area contributed by atoms with Crippen LogP contribution in [-0.2, 0) is 17.8 Å². The first-order chi connectivity index (χ1) is 7.25. The number of nitrogens with two attached hydrogens (primary N) is 1. The standard InChI is InChI=1S/C9H8ClN3OS/c10-9-12-7(11)6-4-1-2-14-3-5(4)15-8(6)13-9/h1-3H2,(H2,11,12,13). The summed E-state index contributed by atoms with van der Waals surface area (Å²) in [5, 5.41) is 1.17. The fraction of sp³-hybridized carbons (Fsp3) is 0.333. The van der Waals surface area contributed by atoms with Gasteiger partial charge in [-0.2, -0.15) is 0 Å². The van der Waals surface area contributed by atoms with Crippen LogP contribution in [0.3, 0.4) is 0 Å². The van der Waals surface area contributed by atoms with Gasteiger partial charge in [-0.1, -0.05) is 0 Å². The Morgan fingerprint density at radius 3 is 3.13 bits per heavy atom. The Bertz CT molecular complexity index is 540. The van der Waals surface area contributed by atoms with Gasteiger partial charge >= 0.3 is 0 Å². The summed E-state index contributed by atoms with van der Waals surface area (Å²) in [5.74, 6) is 0.476. The van der Waals surface area contributed by atoms with E-state index in [-0.39, 0.29) is 5.28 Å². The highest BCUT2D eigenvalue weighted by Gasteiger charge is 2.19. The largest absolute Gasteiger partial charge is 0.383 e. The maximum absolute atomic E-state index is 5.86. The molecule has 1 aliphatic rings. The molecule has 4 nitrogen and oxygen atoms in total. The van der Waals surface area contributed by atoms with Crippen molar-refractivity contribution in [3.63, 3.8) is 0 Å². The number of hydrogen-bond donors (Lipinski definition) is 1. The van der Waals surface area contributed by atoms with Gasteiger partial charge in [-0.15, -0.1) is 11.3 Å². The van der Waals surface area contributed by atoms with Gasteiger partial charge in [0.05, 0.1) is 18.6 Å². The smallest absolute Gasteiger partial charge is 0.225 e. The summed E-state index contributed by atoms with van der Waals surface area (Å²) in [6.07, 6.45) is 0.879. The first kappa shape index (κ1) is 9.33. The van der Waals surface area contributed by atoms with Gasteiger partial charge < -0.3 is 10.5 Å². The molecule has 0 radical (unpaired) electrons. The van der Waals surface area contributed by atoms with Crippen LogP contribution in [0.1, 0.15) is 10.4 Å². The van der Waals surface area contributed by atoms with Gasteiger partial charge in [0.1, 0.15) is 10.6 Å². The number of fused-ring (bicyclic) bond motifs is 3. The van der Waals surface area contributed by atoms with E-state index in [1.165, 1.54) is 10.4 Å². The summed E-state index contributed by atoms with van der Waals surface area (Å²) in [5.41, 5.74) is 7.09. The van der Waals surface area contributed by atoms with E-state index in [4.69, 9.17) is 22.1 Å². The highest BCUT2D eigenvalue weighted by Crippen LogP contribution is 2.36. The third-order valence-corrected chi connectivity index (χ3v) is 3.73. The number of halogens is 1. The maximum Gasteiger partial charge on any atom is 0.225 e. The second kappa shape index (κ2) is 3.30. The molecule has 0 aromatic carbocycles. The Morgan fingerprint density at radius 1 is 1.40 bits per heavy atom. The van der Waals surface area contributed by atoms with Crippen molar-refractivity contribution < 1.29 is 4.74 Å². The predicted molar refractivity (Wildman–Crippen MR) is 60.2 cm³/mol. The summed E-state index contributed by atoms with van der Waals surface area (Å²) in [7, 11) is 0. The zero-order valence-corrected chi connectivity index (χ0v) is 9.36. The summed E-state index contributed by atoms with van der Waals surface area (Å²) in [6.45, 7) is 1.38. The average molecular weight is 242 g/mol. The van der Waals surface area contributed by atoms with Crippen molar-refractivity contribution >= 4 is 39.0 Å². The zero-order chi connectivity index (χ0) is 10.4. The Hall–Kier alpha value is -0.910. The lowest BCUT2D eigenvalue weighted by Gasteiger charge is -2.11. The van der Waals surface area contributed by atoms with Crippen LogP contribution in [0.15, 0.2) is 0 Å². The molecule has 0 saturated heterocycles. The van der Waals surface area contributed by atoms with Gasteiger partial charge in [0.25, 0.3) is 0 Å². The Labute approximate surface area is 95.0 Å². The molecule has 78 valence electrons. The molecule has 15 heavy (non-hydrogen) atoms. The lowest BCUT2D eigenvalue weighted by atomic mass is 10.1. The van der Waals surface area contributed by atoms with Crippen molar-refractivity contribution in [2.45, 2.75) is 13.0 Å². The van der Waals surface area contributed by atoms with E-state index in [2.05, 4.69) is 9.97 Å². The lowest BCUT2D eigenvalue weighted by Crippen LogP contribution is -2.07.